The second-order valence-electron chi connectivity index (χ2n) is 4.79. The molecule has 2 rings (SSSR count). The van der Waals surface area contributed by atoms with Crippen molar-refractivity contribution in [3.05, 3.63) is 47.0 Å². The Labute approximate surface area is 127 Å². The predicted octanol–water partition coefficient (Wildman–Crippen LogP) is 2.89. The van der Waals surface area contributed by atoms with Gasteiger partial charge in [0.2, 0.25) is 5.90 Å². The number of hydrogen-bond donors (Lipinski definition) is 1. The third-order valence-electron chi connectivity index (χ3n) is 3.43. The molecule has 0 radical (unpaired) electrons. The predicted molar refractivity (Wildman–Crippen MR) is 76.4 cm³/mol. The summed E-state index contributed by atoms with van der Waals surface area (Å²) in [5.74, 6) is -2.70. The summed E-state index contributed by atoms with van der Waals surface area (Å²) in [6, 6.07) is 7.47. The third kappa shape index (κ3) is 2.84. The van der Waals surface area contributed by atoms with E-state index in [0.717, 1.165) is 0 Å². The van der Waals surface area contributed by atoms with Crippen LogP contribution in [-0.4, -0.2) is 18.5 Å². The highest BCUT2D eigenvalue weighted by Crippen LogP contribution is 2.39. The lowest BCUT2D eigenvalue weighted by Crippen LogP contribution is -2.33. The van der Waals surface area contributed by atoms with Gasteiger partial charge in [-0.15, -0.1) is 0 Å². The van der Waals surface area contributed by atoms with E-state index in [2.05, 4.69) is 0 Å². The number of rotatable bonds is 3. The molecule has 1 heterocycles. The van der Waals surface area contributed by atoms with Crippen LogP contribution in [0, 0.1) is 28.5 Å². The molecule has 2 atom stereocenters. The van der Waals surface area contributed by atoms with Crippen LogP contribution in [0.1, 0.15) is 25.3 Å². The van der Waals surface area contributed by atoms with Crippen LogP contribution in [0.15, 0.2) is 35.6 Å². The van der Waals surface area contributed by atoms with E-state index >= 15 is 0 Å². The maximum atomic E-state index is 13.1. The normalized spacial score (nSPS) is 21.1. The average Bonchev–Trinajstić information content (AvgIpc) is 2.47. The molecule has 1 aromatic rings. The number of halogens is 1. The van der Waals surface area contributed by atoms with Crippen molar-refractivity contribution in [2.75, 3.05) is 6.61 Å². The van der Waals surface area contributed by atoms with Gasteiger partial charge in [-0.1, -0.05) is 12.1 Å². The molecule has 5 nitrogen and oxygen atoms in total. The molecule has 2 unspecified atom stereocenters. The van der Waals surface area contributed by atoms with Gasteiger partial charge in [-0.05, 0) is 31.5 Å². The van der Waals surface area contributed by atoms with Crippen molar-refractivity contribution >= 4 is 11.9 Å². The molecular formula is C16H15FN2O3. The zero-order valence-electron chi connectivity index (χ0n) is 12.2. The van der Waals surface area contributed by atoms with E-state index in [1.165, 1.54) is 24.3 Å². The number of carbonyl (C=O) groups is 1. The van der Waals surface area contributed by atoms with Gasteiger partial charge in [0, 0.05) is 5.92 Å². The molecule has 0 spiro atoms. The minimum absolute atomic E-state index is 0.181. The van der Waals surface area contributed by atoms with Crippen molar-refractivity contribution in [2.45, 2.75) is 19.8 Å². The van der Waals surface area contributed by atoms with E-state index in [0.29, 0.717) is 5.56 Å². The molecule has 22 heavy (non-hydrogen) atoms. The smallest absolute Gasteiger partial charge is 0.338 e. The summed E-state index contributed by atoms with van der Waals surface area (Å²) in [5.41, 5.74) is 0.749. The zero-order valence-corrected chi connectivity index (χ0v) is 12.2. The van der Waals surface area contributed by atoms with Gasteiger partial charge in [-0.3, -0.25) is 5.41 Å². The van der Waals surface area contributed by atoms with Crippen LogP contribution in [0.3, 0.4) is 0 Å². The Morgan fingerprint density at radius 2 is 2.09 bits per heavy atom. The van der Waals surface area contributed by atoms with E-state index in [-0.39, 0.29) is 23.8 Å². The molecule has 1 aromatic carbocycles. The summed E-state index contributed by atoms with van der Waals surface area (Å²) in [4.78, 5) is 12.2. The third-order valence-corrected chi connectivity index (χ3v) is 3.43. The van der Waals surface area contributed by atoms with Gasteiger partial charge in [0.25, 0.3) is 0 Å². The molecule has 0 saturated carbocycles. The number of nitrogens with zero attached hydrogens (tertiary/aromatic N) is 1. The molecule has 6 heteroatoms. The quantitative estimate of drug-likeness (QED) is 0.870. The topological polar surface area (TPSA) is 83.2 Å². The Kier molecular flexibility index (Phi) is 4.56. The van der Waals surface area contributed by atoms with Gasteiger partial charge >= 0.3 is 5.97 Å². The van der Waals surface area contributed by atoms with Crippen LogP contribution in [0.4, 0.5) is 4.39 Å². The molecule has 0 saturated heterocycles. The van der Waals surface area contributed by atoms with Gasteiger partial charge in [0.05, 0.1) is 18.2 Å². The molecule has 0 fully saturated rings. The van der Waals surface area contributed by atoms with Crippen LogP contribution in [0.5, 0.6) is 0 Å². The fourth-order valence-corrected chi connectivity index (χ4v) is 2.46. The number of nitriles is 1. The first-order chi connectivity index (χ1) is 10.5. The van der Waals surface area contributed by atoms with E-state index in [9.17, 15) is 14.4 Å². The number of carbonyl (C=O) groups excluding carboxylic acids is 1. The molecule has 114 valence electrons. The van der Waals surface area contributed by atoms with Crippen molar-refractivity contribution in [3.8, 4) is 6.07 Å². The van der Waals surface area contributed by atoms with Crippen molar-refractivity contribution in [1.29, 1.82) is 10.7 Å². The molecule has 1 aliphatic heterocycles. The van der Waals surface area contributed by atoms with E-state index in [4.69, 9.17) is 14.9 Å². The van der Waals surface area contributed by atoms with E-state index < -0.39 is 23.6 Å². The maximum absolute atomic E-state index is 13.1. The monoisotopic (exact) mass is 302 g/mol. The van der Waals surface area contributed by atoms with Crippen LogP contribution >= 0.6 is 0 Å². The molecular weight excluding hydrogens is 287 g/mol. The molecule has 1 aliphatic rings. The lowest BCUT2D eigenvalue weighted by molar-refractivity contribution is -0.139. The van der Waals surface area contributed by atoms with Gasteiger partial charge in [0.1, 0.15) is 17.5 Å². The van der Waals surface area contributed by atoms with Crippen LogP contribution in [0.25, 0.3) is 0 Å². The Morgan fingerprint density at radius 3 is 2.64 bits per heavy atom. The zero-order chi connectivity index (χ0) is 16.3. The second kappa shape index (κ2) is 6.39. The van der Waals surface area contributed by atoms with Gasteiger partial charge in [-0.2, -0.15) is 5.26 Å². The number of allylic oxidation sites excluding steroid dienone is 1. The minimum atomic E-state index is -0.964. The fourth-order valence-electron chi connectivity index (χ4n) is 2.46. The minimum Gasteiger partial charge on any atom is -0.463 e. The average molecular weight is 302 g/mol. The Hall–Kier alpha value is -2.68. The summed E-state index contributed by atoms with van der Waals surface area (Å²) in [7, 11) is 0. The van der Waals surface area contributed by atoms with Crippen molar-refractivity contribution < 1.29 is 18.7 Å². The Balaban J connectivity index is 2.57. The number of benzene rings is 1. The standard InChI is InChI=1S/C16H15FN2O3/c1-3-21-16(20)13-9(2)22-15(19)12(8-18)14(13)10-4-6-11(17)7-5-10/h4-7,12,14,19H,3H2,1-2H3. The molecule has 0 aliphatic carbocycles. The molecule has 1 N–H and O–H groups in total. The first kappa shape index (κ1) is 15.7. The summed E-state index contributed by atoms with van der Waals surface area (Å²) >= 11 is 0. The van der Waals surface area contributed by atoms with Crippen LogP contribution < -0.4 is 0 Å². The Bertz CT molecular complexity index is 674. The summed E-state index contributed by atoms with van der Waals surface area (Å²) < 4.78 is 23.4. The molecule has 0 amide bonds. The molecule has 0 aromatic heterocycles. The van der Waals surface area contributed by atoms with E-state index in [1.807, 2.05) is 6.07 Å². The number of esters is 1. The largest absolute Gasteiger partial charge is 0.463 e. The highest BCUT2D eigenvalue weighted by Gasteiger charge is 2.41. The number of hydrogen-bond acceptors (Lipinski definition) is 5. The lowest BCUT2D eigenvalue weighted by atomic mass is 9.79. The summed E-state index contributed by atoms with van der Waals surface area (Å²) in [6.07, 6.45) is 0. The first-order valence-electron chi connectivity index (χ1n) is 6.78. The maximum Gasteiger partial charge on any atom is 0.338 e. The summed E-state index contributed by atoms with van der Waals surface area (Å²) in [6.45, 7) is 3.40. The SMILES string of the molecule is CCOC(=O)C1=C(C)OC(=N)C(C#N)C1c1ccc(F)cc1. The highest BCUT2D eigenvalue weighted by molar-refractivity contribution is 5.95. The summed E-state index contributed by atoms with van der Waals surface area (Å²) in [5, 5.41) is 17.2. The van der Waals surface area contributed by atoms with Crippen molar-refractivity contribution in [2.24, 2.45) is 5.92 Å². The van der Waals surface area contributed by atoms with Crippen molar-refractivity contribution in [1.82, 2.24) is 0 Å². The fraction of sp³-hybridized carbons (Fsp3) is 0.312. The number of ether oxygens (including phenoxy) is 2. The number of nitrogens with one attached hydrogen (secondary N) is 1. The van der Waals surface area contributed by atoms with Crippen LogP contribution in [0.2, 0.25) is 0 Å². The van der Waals surface area contributed by atoms with Gasteiger partial charge < -0.3 is 9.47 Å². The van der Waals surface area contributed by atoms with Crippen LogP contribution in [-0.2, 0) is 14.3 Å². The van der Waals surface area contributed by atoms with Crippen molar-refractivity contribution in [3.63, 3.8) is 0 Å². The van der Waals surface area contributed by atoms with Gasteiger partial charge in [0.15, 0.2) is 0 Å². The molecule has 0 bridgehead atoms. The highest BCUT2D eigenvalue weighted by atomic mass is 19.1. The first-order valence-corrected chi connectivity index (χ1v) is 6.78. The Morgan fingerprint density at radius 1 is 1.45 bits per heavy atom. The lowest BCUT2D eigenvalue weighted by Gasteiger charge is -2.30. The van der Waals surface area contributed by atoms with E-state index in [1.54, 1.807) is 13.8 Å². The second-order valence-corrected chi connectivity index (χ2v) is 4.79. The van der Waals surface area contributed by atoms with Gasteiger partial charge in [-0.25, -0.2) is 9.18 Å².